The van der Waals surface area contributed by atoms with E-state index in [-0.39, 0.29) is 0 Å². The molecule has 0 fully saturated rings. The maximum atomic E-state index is 10.1. The van der Waals surface area contributed by atoms with E-state index in [1.807, 2.05) is 0 Å². The first-order chi connectivity index (χ1) is 8.46. The molecule has 0 aromatic carbocycles. The molecule has 0 aliphatic heterocycles. The second-order valence-electron chi connectivity index (χ2n) is 4.78. The lowest BCUT2D eigenvalue weighted by Gasteiger charge is -2.29. The lowest BCUT2D eigenvalue weighted by atomic mass is 10.1. The molecule has 0 aliphatic carbocycles. The standard InChI is InChI=1S/C14H23NO2S/c1-5-14(3,16)11-15(8-9-17-4)10-13-7-6-12(2)18-13/h5-7,16H,1,8-11H2,2-4H3. The predicted molar refractivity (Wildman–Crippen MR) is 77.0 cm³/mol. The molecule has 0 saturated heterocycles. The summed E-state index contributed by atoms with van der Waals surface area (Å²) in [6, 6.07) is 4.27. The van der Waals surface area contributed by atoms with E-state index in [9.17, 15) is 5.11 Å². The van der Waals surface area contributed by atoms with Crippen LogP contribution in [0.4, 0.5) is 0 Å². The van der Waals surface area contributed by atoms with Gasteiger partial charge >= 0.3 is 0 Å². The Hall–Kier alpha value is -0.680. The Kier molecular flexibility index (Phi) is 6.02. The number of aliphatic hydroxyl groups is 1. The van der Waals surface area contributed by atoms with Crippen molar-refractivity contribution in [2.24, 2.45) is 0 Å². The maximum absolute atomic E-state index is 10.1. The average molecular weight is 269 g/mol. The topological polar surface area (TPSA) is 32.7 Å². The largest absolute Gasteiger partial charge is 0.385 e. The third-order valence-corrected chi connectivity index (χ3v) is 3.76. The van der Waals surface area contributed by atoms with Crippen molar-refractivity contribution in [3.8, 4) is 0 Å². The number of hydrogen-bond donors (Lipinski definition) is 1. The van der Waals surface area contributed by atoms with Gasteiger partial charge in [-0.1, -0.05) is 6.08 Å². The number of methoxy groups -OCH3 is 1. The number of thiophene rings is 1. The molecule has 1 unspecified atom stereocenters. The normalized spacial score (nSPS) is 14.7. The average Bonchev–Trinajstić information content (AvgIpc) is 2.71. The summed E-state index contributed by atoms with van der Waals surface area (Å²) in [5, 5.41) is 10.1. The molecule has 1 atom stereocenters. The van der Waals surface area contributed by atoms with Crippen LogP contribution >= 0.6 is 11.3 Å². The molecule has 0 radical (unpaired) electrons. The van der Waals surface area contributed by atoms with Crippen molar-refractivity contribution in [1.29, 1.82) is 0 Å². The van der Waals surface area contributed by atoms with Crippen LogP contribution in [0.25, 0.3) is 0 Å². The second kappa shape index (κ2) is 7.04. The lowest BCUT2D eigenvalue weighted by Crippen LogP contribution is -2.40. The number of rotatable bonds is 8. The van der Waals surface area contributed by atoms with Gasteiger partial charge < -0.3 is 9.84 Å². The number of nitrogens with zero attached hydrogens (tertiary/aromatic N) is 1. The lowest BCUT2D eigenvalue weighted by molar-refractivity contribution is 0.0470. The van der Waals surface area contributed by atoms with Crippen LogP contribution in [0.1, 0.15) is 16.7 Å². The summed E-state index contributed by atoms with van der Waals surface area (Å²) < 4.78 is 5.12. The minimum Gasteiger partial charge on any atom is -0.385 e. The fraction of sp³-hybridized carbons (Fsp3) is 0.571. The summed E-state index contributed by atoms with van der Waals surface area (Å²) in [6.07, 6.45) is 1.59. The van der Waals surface area contributed by atoms with Crippen LogP contribution in [0, 0.1) is 6.92 Å². The van der Waals surface area contributed by atoms with Gasteiger partial charge in [0.2, 0.25) is 0 Å². The first kappa shape index (κ1) is 15.4. The zero-order valence-corrected chi connectivity index (χ0v) is 12.3. The summed E-state index contributed by atoms with van der Waals surface area (Å²) in [5.74, 6) is 0. The van der Waals surface area contributed by atoms with Gasteiger partial charge in [0.25, 0.3) is 0 Å². The van der Waals surface area contributed by atoms with Crippen molar-refractivity contribution < 1.29 is 9.84 Å². The number of ether oxygens (including phenoxy) is 1. The molecule has 1 aromatic heterocycles. The van der Waals surface area contributed by atoms with Crippen molar-refractivity contribution >= 4 is 11.3 Å². The van der Waals surface area contributed by atoms with Gasteiger partial charge in [0.1, 0.15) is 0 Å². The van der Waals surface area contributed by atoms with Crippen molar-refractivity contribution in [3.63, 3.8) is 0 Å². The Morgan fingerprint density at radius 2 is 2.28 bits per heavy atom. The van der Waals surface area contributed by atoms with Gasteiger partial charge in [-0.25, -0.2) is 0 Å². The first-order valence-corrected chi connectivity index (χ1v) is 6.91. The van der Waals surface area contributed by atoms with Gasteiger partial charge in [0.05, 0.1) is 12.2 Å². The molecule has 3 nitrogen and oxygen atoms in total. The Balaban J connectivity index is 2.63. The molecular formula is C14H23NO2S. The van der Waals surface area contributed by atoms with Crippen molar-refractivity contribution in [1.82, 2.24) is 4.90 Å². The molecular weight excluding hydrogens is 246 g/mol. The van der Waals surface area contributed by atoms with Crippen LogP contribution in [0.3, 0.4) is 0 Å². The van der Waals surface area contributed by atoms with E-state index >= 15 is 0 Å². The van der Waals surface area contributed by atoms with Crippen molar-refractivity contribution in [3.05, 3.63) is 34.5 Å². The Labute approximate surface area is 114 Å². The van der Waals surface area contributed by atoms with Crippen molar-refractivity contribution in [2.75, 3.05) is 26.8 Å². The summed E-state index contributed by atoms with van der Waals surface area (Å²) in [6.45, 7) is 10.4. The minimum absolute atomic E-state index is 0.566. The van der Waals surface area contributed by atoms with E-state index < -0.39 is 5.60 Å². The third kappa shape index (κ3) is 5.31. The fourth-order valence-electron chi connectivity index (χ4n) is 1.74. The summed E-state index contributed by atoms with van der Waals surface area (Å²) in [4.78, 5) is 4.81. The van der Waals surface area contributed by atoms with Gasteiger partial charge in [-0.15, -0.1) is 17.9 Å². The van der Waals surface area contributed by atoms with Crippen LogP contribution in [-0.4, -0.2) is 42.4 Å². The zero-order valence-electron chi connectivity index (χ0n) is 11.5. The molecule has 0 saturated carbocycles. The van der Waals surface area contributed by atoms with Crippen LogP contribution in [0.2, 0.25) is 0 Å². The van der Waals surface area contributed by atoms with Crippen LogP contribution in [0.5, 0.6) is 0 Å². The van der Waals surface area contributed by atoms with Crippen molar-refractivity contribution in [2.45, 2.75) is 26.0 Å². The van der Waals surface area contributed by atoms with Gasteiger partial charge in [0.15, 0.2) is 0 Å². The van der Waals surface area contributed by atoms with E-state index in [0.717, 1.165) is 13.1 Å². The Bertz CT molecular complexity index is 374. The quantitative estimate of drug-likeness (QED) is 0.736. The summed E-state index contributed by atoms with van der Waals surface area (Å²) in [5.41, 5.74) is -0.861. The Morgan fingerprint density at radius 3 is 2.78 bits per heavy atom. The molecule has 102 valence electrons. The summed E-state index contributed by atoms with van der Waals surface area (Å²) in [7, 11) is 1.69. The van der Waals surface area contributed by atoms with E-state index in [2.05, 4.69) is 30.5 Å². The van der Waals surface area contributed by atoms with Gasteiger partial charge in [-0.2, -0.15) is 0 Å². The molecule has 1 N–H and O–H groups in total. The van der Waals surface area contributed by atoms with E-state index in [4.69, 9.17) is 4.74 Å². The van der Waals surface area contributed by atoms with Gasteiger partial charge in [-0.3, -0.25) is 4.90 Å². The van der Waals surface area contributed by atoms with E-state index in [1.165, 1.54) is 9.75 Å². The third-order valence-electron chi connectivity index (χ3n) is 2.77. The van der Waals surface area contributed by atoms with E-state index in [0.29, 0.717) is 13.2 Å². The van der Waals surface area contributed by atoms with Gasteiger partial charge in [0, 0.05) is 36.5 Å². The maximum Gasteiger partial charge on any atom is 0.0923 e. The SMILES string of the molecule is C=CC(C)(O)CN(CCOC)Cc1ccc(C)s1. The number of aryl methyl sites for hydroxylation is 1. The highest BCUT2D eigenvalue weighted by Gasteiger charge is 2.20. The molecule has 4 heteroatoms. The molecule has 1 heterocycles. The summed E-state index contributed by atoms with van der Waals surface area (Å²) >= 11 is 1.79. The highest BCUT2D eigenvalue weighted by Crippen LogP contribution is 2.18. The van der Waals surface area contributed by atoms with E-state index in [1.54, 1.807) is 31.4 Å². The molecule has 0 amide bonds. The molecule has 18 heavy (non-hydrogen) atoms. The van der Waals surface area contributed by atoms with Crippen LogP contribution in [-0.2, 0) is 11.3 Å². The fourth-order valence-corrected chi connectivity index (χ4v) is 2.68. The monoisotopic (exact) mass is 269 g/mol. The Morgan fingerprint density at radius 1 is 1.56 bits per heavy atom. The molecule has 1 rings (SSSR count). The van der Waals surface area contributed by atoms with Crippen LogP contribution < -0.4 is 0 Å². The number of hydrogen-bond acceptors (Lipinski definition) is 4. The molecule has 0 bridgehead atoms. The second-order valence-corrected chi connectivity index (χ2v) is 6.15. The van der Waals surface area contributed by atoms with Gasteiger partial charge in [-0.05, 0) is 26.0 Å². The molecule has 0 aliphatic rings. The predicted octanol–water partition coefficient (Wildman–Crippen LogP) is 2.44. The smallest absolute Gasteiger partial charge is 0.0923 e. The zero-order chi connectivity index (χ0) is 13.6. The molecule has 0 spiro atoms. The highest BCUT2D eigenvalue weighted by atomic mass is 32.1. The highest BCUT2D eigenvalue weighted by molar-refractivity contribution is 7.11. The first-order valence-electron chi connectivity index (χ1n) is 6.09. The minimum atomic E-state index is -0.861. The molecule has 1 aromatic rings. The van der Waals surface area contributed by atoms with Crippen LogP contribution in [0.15, 0.2) is 24.8 Å².